The average Bonchev–Trinajstić information content (AvgIpc) is 3.13. The lowest BCUT2D eigenvalue weighted by Gasteiger charge is -2.15. The molecule has 1 aliphatic rings. The van der Waals surface area contributed by atoms with Gasteiger partial charge in [-0.05, 0) is 31.4 Å². The topological polar surface area (TPSA) is 41.1 Å². The lowest BCUT2D eigenvalue weighted by atomic mass is 10.1. The van der Waals surface area contributed by atoms with Crippen LogP contribution in [0.2, 0.25) is 5.02 Å². The number of halogens is 1. The van der Waals surface area contributed by atoms with E-state index in [2.05, 4.69) is 10.6 Å². The maximum atomic E-state index is 11.7. The Balaban J connectivity index is 1.77. The van der Waals surface area contributed by atoms with E-state index >= 15 is 0 Å². The molecule has 98 valence electrons. The van der Waals surface area contributed by atoms with Crippen LogP contribution in [0.15, 0.2) is 24.3 Å². The van der Waals surface area contributed by atoms with Gasteiger partial charge in [0.05, 0.1) is 6.04 Å². The highest BCUT2D eigenvalue weighted by molar-refractivity contribution is 6.31. The first kappa shape index (κ1) is 13.4. The summed E-state index contributed by atoms with van der Waals surface area (Å²) >= 11 is 6.09. The van der Waals surface area contributed by atoms with Crippen LogP contribution in [0.25, 0.3) is 0 Å². The standard InChI is InChI=1S/C14H19ClN2O/c1-10(12-4-2-3-5-13(12)15)17-14(18)8-9-16-11-6-7-11/h2-5,10-11,16H,6-9H2,1H3,(H,17,18)/t10-/m0/s1. The molecule has 1 fully saturated rings. The zero-order valence-corrected chi connectivity index (χ0v) is 11.3. The summed E-state index contributed by atoms with van der Waals surface area (Å²) in [5, 5.41) is 6.99. The van der Waals surface area contributed by atoms with Gasteiger partial charge in [-0.15, -0.1) is 0 Å². The van der Waals surface area contributed by atoms with E-state index in [0.29, 0.717) is 17.5 Å². The average molecular weight is 267 g/mol. The lowest BCUT2D eigenvalue weighted by Crippen LogP contribution is -2.30. The molecule has 0 unspecified atom stereocenters. The molecule has 0 heterocycles. The first-order chi connectivity index (χ1) is 8.66. The van der Waals surface area contributed by atoms with Gasteiger partial charge in [0, 0.05) is 24.0 Å². The van der Waals surface area contributed by atoms with Gasteiger partial charge in [-0.1, -0.05) is 29.8 Å². The van der Waals surface area contributed by atoms with Gasteiger partial charge in [0.2, 0.25) is 5.91 Å². The van der Waals surface area contributed by atoms with Crippen molar-refractivity contribution < 1.29 is 4.79 Å². The summed E-state index contributed by atoms with van der Waals surface area (Å²) in [5.41, 5.74) is 0.961. The molecular formula is C14H19ClN2O. The first-order valence-electron chi connectivity index (χ1n) is 6.44. The maximum absolute atomic E-state index is 11.7. The summed E-state index contributed by atoms with van der Waals surface area (Å²) in [6, 6.07) is 8.20. The molecule has 1 amide bonds. The summed E-state index contributed by atoms with van der Waals surface area (Å²) in [6.07, 6.45) is 3.01. The predicted molar refractivity (Wildman–Crippen MR) is 73.7 cm³/mol. The van der Waals surface area contributed by atoms with E-state index in [1.54, 1.807) is 0 Å². The van der Waals surface area contributed by atoms with E-state index < -0.39 is 0 Å². The van der Waals surface area contributed by atoms with Crippen molar-refractivity contribution in [3.8, 4) is 0 Å². The molecule has 4 heteroatoms. The Morgan fingerprint density at radius 1 is 1.44 bits per heavy atom. The number of benzene rings is 1. The molecule has 2 rings (SSSR count). The van der Waals surface area contributed by atoms with Crippen LogP contribution in [-0.2, 0) is 4.79 Å². The molecular weight excluding hydrogens is 248 g/mol. The fourth-order valence-corrected chi connectivity index (χ4v) is 2.19. The number of nitrogens with one attached hydrogen (secondary N) is 2. The van der Waals surface area contributed by atoms with Crippen LogP contribution < -0.4 is 10.6 Å². The molecule has 0 spiro atoms. The second kappa shape index (κ2) is 6.21. The Labute approximate surface area is 113 Å². The largest absolute Gasteiger partial charge is 0.349 e. The van der Waals surface area contributed by atoms with Crippen LogP contribution >= 0.6 is 11.6 Å². The van der Waals surface area contributed by atoms with Crippen LogP contribution in [0.4, 0.5) is 0 Å². The highest BCUT2D eigenvalue weighted by Gasteiger charge is 2.20. The zero-order chi connectivity index (χ0) is 13.0. The zero-order valence-electron chi connectivity index (χ0n) is 10.6. The minimum atomic E-state index is -0.0490. The Morgan fingerprint density at radius 3 is 2.83 bits per heavy atom. The normalized spacial score (nSPS) is 16.3. The Morgan fingerprint density at radius 2 is 2.17 bits per heavy atom. The molecule has 1 aromatic carbocycles. The molecule has 0 aliphatic heterocycles. The summed E-state index contributed by atoms with van der Waals surface area (Å²) < 4.78 is 0. The van der Waals surface area contributed by atoms with E-state index in [-0.39, 0.29) is 11.9 Å². The van der Waals surface area contributed by atoms with Crippen LogP contribution in [-0.4, -0.2) is 18.5 Å². The quantitative estimate of drug-likeness (QED) is 0.831. The monoisotopic (exact) mass is 266 g/mol. The molecule has 0 radical (unpaired) electrons. The van der Waals surface area contributed by atoms with Crippen molar-refractivity contribution in [1.29, 1.82) is 0 Å². The minimum absolute atomic E-state index is 0.0490. The molecule has 1 saturated carbocycles. The number of rotatable bonds is 6. The van der Waals surface area contributed by atoms with E-state index in [4.69, 9.17) is 11.6 Å². The third-order valence-electron chi connectivity index (χ3n) is 3.11. The lowest BCUT2D eigenvalue weighted by molar-refractivity contribution is -0.121. The van der Waals surface area contributed by atoms with Gasteiger partial charge >= 0.3 is 0 Å². The molecule has 18 heavy (non-hydrogen) atoms. The SMILES string of the molecule is C[C@H](NC(=O)CCNC1CC1)c1ccccc1Cl. The molecule has 1 atom stereocenters. The van der Waals surface area contributed by atoms with Crippen molar-refractivity contribution in [3.63, 3.8) is 0 Å². The fourth-order valence-electron chi connectivity index (χ4n) is 1.89. The smallest absolute Gasteiger partial charge is 0.221 e. The number of carbonyl (C=O) groups excluding carboxylic acids is 1. The van der Waals surface area contributed by atoms with Gasteiger partial charge in [0.25, 0.3) is 0 Å². The Bertz CT molecular complexity index is 418. The highest BCUT2D eigenvalue weighted by Crippen LogP contribution is 2.22. The first-order valence-corrected chi connectivity index (χ1v) is 6.82. The highest BCUT2D eigenvalue weighted by atomic mass is 35.5. The van der Waals surface area contributed by atoms with Crippen molar-refractivity contribution >= 4 is 17.5 Å². The number of hydrogen-bond acceptors (Lipinski definition) is 2. The Kier molecular flexibility index (Phi) is 4.61. The number of carbonyl (C=O) groups is 1. The van der Waals surface area contributed by atoms with Gasteiger partial charge in [-0.3, -0.25) is 4.79 Å². The van der Waals surface area contributed by atoms with Crippen molar-refractivity contribution in [1.82, 2.24) is 10.6 Å². The second-order valence-electron chi connectivity index (χ2n) is 4.79. The molecule has 0 saturated heterocycles. The van der Waals surface area contributed by atoms with Crippen LogP contribution in [0.1, 0.15) is 37.8 Å². The molecule has 1 aliphatic carbocycles. The van der Waals surface area contributed by atoms with Gasteiger partial charge < -0.3 is 10.6 Å². The van der Waals surface area contributed by atoms with Gasteiger partial charge in [-0.2, -0.15) is 0 Å². The molecule has 0 bridgehead atoms. The molecule has 2 N–H and O–H groups in total. The molecule has 3 nitrogen and oxygen atoms in total. The van der Waals surface area contributed by atoms with Gasteiger partial charge in [0.1, 0.15) is 0 Å². The van der Waals surface area contributed by atoms with Crippen LogP contribution in [0.3, 0.4) is 0 Å². The van der Waals surface area contributed by atoms with E-state index in [1.807, 2.05) is 31.2 Å². The summed E-state index contributed by atoms with van der Waals surface area (Å²) in [5.74, 6) is 0.0653. The van der Waals surface area contributed by atoms with Crippen LogP contribution in [0, 0.1) is 0 Å². The van der Waals surface area contributed by atoms with Crippen molar-refractivity contribution in [2.24, 2.45) is 0 Å². The third-order valence-corrected chi connectivity index (χ3v) is 3.46. The third kappa shape index (κ3) is 4.00. The van der Waals surface area contributed by atoms with Crippen molar-refractivity contribution in [2.75, 3.05) is 6.54 Å². The number of amides is 1. The predicted octanol–water partition coefficient (Wildman–Crippen LogP) is 2.66. The Hall–Kier alpha value is -1.06. The summed E-state index contributed by atoms with van der Waals surface area (Å²) in [7, 11) is 0. The molecule has 1 aromatic rings. The van der Waals surface area contributed by atoms with Crippen molar-refractivity contribution in [2.45, 2.75) is 38.3 Å². The van der Waals surface area contributed by atoms with E-state index in [0.717, 1.165) is 12.1 Å². The van der Waals surface area contributed by atoms with Crippen molar-refractivity contribution in [3.05, 3.63) is 34.9 Å². The van der Waals surface area contributed by atoms with E-state index in [1.165, 1.54) is 12.8 Å². The van der Waals surface area contributed by atoms with Gasteiger partial charge in [0.15, 0.2) is 0 Å². The second-order valence-corrected chi connectivity index (χ2v) is 5.20. The minimum Gasteiger partial charge on any atom is -0.349 e. The summed E-state index contributed by atoms with van der Waals surface area (Å²) in [6.45, 7) is 2.71. The van der Waals surface area contributed by atoms with E-state index in [9.17, 15) is 4.79 Å². The number of hydrogen-bond donors (Lipinski definition) is 2. The summed E-state index contributed by atoms with van der Waals surface area (Å²) in [4.78, 5) is 11.7. The fraction of sp³-hybridized carbons (Fsp3) is 0.500. The maximum Gasteiger partial charge on any atom is 0.221 e. The van der Waals surface area contributed by atoms with Gasteiger partial charge in [-0.25, -0.2) is 0 Å². The molecule has 0 aromatic heterocycles. The van der Waals surface area contributed by atoms with Crippen LogP contribution in [0.5, 0.6) is 0 Å².